The molecule has 0 bridgehead atoms. The lowest BCUT2D eigenvalue weighted by molar-refractivity contribution is -0.116. The van der Waals surface area contributed by atoms with E-state index in [4.69, 9.17) is 4.74 Å². The summed E-state index contributed by atoms with van der Waals surface area (Å²) in [5, 5.41) is 0. The van der Waals surface area contributed by atoms with Gasteiger partial charge in [0.15, 0.2) is 5.78 Å². The molecule has 1 aromatic rings. The van der Waals surface area contributed by atoms with Gasteiger partial charge in [-0.05, 0) is 18.2 Å². The molecule has 112 valence electrons. The van der Waals surface area contributed by atoms with Gasteiger partial charge < -0.3 is 4.74 Å². The first-order valence-electron chi connectivity index (χ1n) is 7.01. The van der Waals surface area contributed by atoms with E-state index in [1.807, 2.05) is 12.1 Å². The summed E-state index contributed by atoms with van der Waals surface area (Å²) in [5.41, 5.74) is 1.34. The summed E-state index contributed by atoms with van der Waals surface area (Å²) in [6.45, 7) is 5.04. The summed E-state index contributed by atoms with van der Waals surface area (Å²) >= 11 is 3.39. The predicted molar refractivity (Wildman–Crippen MR) is 82.7 cm³/mol. The Bertz CT molecular complexity index is 584. The number of ether oxygens (including phenoxy) is 1. The standard InChI is InChI=1S/C15H17BrN2O3/c1-10(19)18-13-3-2-11(16)8-12(13)15(20)14(18)9-17-4-6-21-7-5-17/h2-3,8,14H,4-7,9H2,1H3. The monoisotopic (exact) mass is 352 g/mol. The summed E-state index contributed by atoms with van der Waals surface area (Å²) in [6.07, 6.45) is 0. The van der Waals surface area contributed by atoms with Crippen molar-refractivity contribution in [1.82, 2.24) is 4.90 Å². The lowest BCUT2D eigenvalue weighted by Crippen LogP contribution is -2.49. The Kier molecular flexibility index (Phi) is 4.10. The minimum atomic E-state index is -0.426. The van der Waals surface area contributed by atoms with Gasteiger partial charge in [-0.2, -0.15) is 0 Å². The topological polar surface area (TPSA) is 49.9 Å². The molecule has 0 saturated carbocycles. The van der Waals surface area contributed by atoms with Crippen molar-refractivity contribution in [3.05, 3.63) is 28.2 Å². The third kappa shape index (κ3) is 2.75. The fourth-order valence-corrected chi connectivity index (χ4v) is 3.32. The van der Waals surface area contributed by atoms with E-state index < -0.39 is 6.04 Å². The number of fused-ring (bicyclic) bond motifs is 1. The van der Waals surface area contributed by atoms with Crippen LogP contribution in [-0.2, 0) is 9.53 Å². The average molecular weight is 353 g/mol. The molecule has 0 spiro atoms. The van der Waals surface area contributed by atoms with Gasteiger partial charge in [-0.15, -0.1) is 0 Å². The molecule has 2 heterocycles. The van der Waals surface area contributed by atoms with E-state index in [9.17, 15) is 9.59 Å². The van der Waals surface area contributed by atoms with Crippen molar-refractivity contribution in [2.24, 2.45) is 0 Å². The molecule has 0 aromatic heterocycles. The van der Waals surface area contributed by atoms with Crippen LogP contribution >= 0.6 is 15.9 Å². The van der Waals surface area contributed by atoms with Crippen LogP contribution < -0.4 is 4.90 Å². The number of carbonyl (C=O) groups excluding carboxylic acids is 2. The van der Waals surface area contributed by atoms with Gasteiger partial charge in [0, 0.05) is 36.6 Å². The normalized spacial score (nSPS) is 22.5. The summed E-state index contributed by atoms with van der Waals surface area (Å²) < 4.78 is 6.18. The van der Waals surface area contributed by atoms with Crippen molar-refractivity contribution < 1.29 is 14.3 Å². The number of benzene rings is 1. The highest BCUT2D eigenvalue weighted by atomic mass is 79.9. The fourth-order valence-electron chi connectivity index (χ4n) is 2.96. The first-order chi connectivity index (χ1) is 10.1. The number of amides is 1. The summed E-state index contributed by atoms with van der Waals surface area (Å²) in [4.78, 5) is 28.5. The Morgan fingerprint density at radius 2 is 2.10 bits per heavy atom. The third-order valence-corrected chi connectivity index (χ3v) is 4.47. The molecule has 1 fully saturated rings. The molecule has 1 aromatic carbocycles. The second kappa shape index (κ2) is 5.87. The highest BCUT2D eigenvalue weighted by Gasteiger charge is 2.40. The van der Waals surface area contributed by atoms with Gasteiger partial charge in [-0.25, -0.2) is 0 Å². The number of hydrogen-bond acceptors (Lipinski definition) is 4. The van der Waals surface area contributed by atoms with Crippen LogP contribution in [0.3, 0.4) is 0 Å². The second-order valence-electron chi connectivity index (χ2n) is 5.34. The zero-order chi connectivity index (χ0) is 15.0. The van der Waals surface area contributed by atoms with E-state index in [0.717, 1.165) is 17.6 Å². The molecule has 0 N–H and O–H groups in total. The summed E-state index contributed by atoms with van der Waals surface area (Å²) in [7, 11) is 0. The third-order valence-electron chi connectivity index (χ3n) is 3.97. The number of anilines is 1. The Balaban J connectivity index is 1.89. The van der Waals surface area contributed by atoms with Gasteiger partial charge in [-0.1, -0.05) is 15.9 Å². The molecule has 21 heavy (non-hydrogen) atoms. The second-order valence-corrected chi connectivity index (χ2v) is 6.26. The van der Waals surface area contributed by atoms with Crippen LogP contribution in [0.15, 0.2) is 22.7 Å². The maximum absolute atomic E-state index is 12.7. The van der Waals surface area contributed by atoms with Crippen molar-refractivity contribution >= 4 is 33.3 Å². The maximum Gasteiger partial charge on any atom is 0.224 e. The van der Waals surface area contributed by atoms with E-state index >= 15 is 0 Å². The van der Waals surface area contributed by atoms with Crippen molar-refractivity contribution in [2.45, 2.75) is 13.0 Å². The minimum Gasteiger partial charge on any atom is -0.379 e. The van der Waals surface area contributed by atoms with Gasteiger partial charge in [0.2, 0.25) is 5.91 Å². The van der Waals surface area contributed by atoms with Gasteiger partial charge in [0.25, 0.3) is 0 Å². The molecule has 1 saturated heterocycles. The molecular weight excluding hydrogens is 336 g/mol. The maximum atomic E-state index is 12.7. The number of ketones is 1. The first-order valence-corrected chi connectivity index (χ1v) is 7.81. The predicted octanol–water partition coefficient (Wildman–Crippen LogP) is 1.70. The molecule has 1 atom stereocenters. The van der Waals surface area contributed by atoms with E-state index in [-0.39, 0.29) is 11.7 Å². The Morgan fingerprint density at radius 3 is 2.76 bits per heavy atom. The number of rotatable bonds is 2. The molecule has 2 aliphatic heterocycles. The molecule has 1 unspecified atom stereocenters. The smallest absolute Gasteiger partial charge is 0.224 e. The Morgan fingerprint density at radius 1 is 1.38 bits per heavy atom. The highest BCUT2D eigenvalue weighted by Crippen LogP contribution is 2.34. The zero-order valence-corrected chi connectivity index (χ0v) is 13.4. The molecule has 5 nitrogen and oxygen atoms in total. The minimum absolute atomic E-state index is 0.0213. The van der Waals surface area contributed by atoms with E-state index in [2.05, 4.69) is 20.8 Å². The Labute approximate surface area is 132 Å². The molecule has 1 amide bonds. The lowest BCUT2D eigenvalue weighted by Gasteiger charge is -2.31. The van der Waals surface area contributed by atoms with Crippen LogP contribution in [0.25, 0.3) is 0 Å². The molecule has 2 aliphatic rings. The Hall–Kier alpha value is -1.24. The summed E-state index contributed by atoms with van der Waals surface area (Å²) in [6, 6.07) is 5.06. The number of carbonyl (C=O) groups is 2. The number of nitrogens with zero attached hydrogens (tertiary/aromatic N) is 2. The van der Waals surface area contributed by atoms with Crippen molar-refractivity contribution in [2.75, 3.05) is 37.7 Å². The molecule has 0 radical (unpaired) electrons. The number of halogens is 1. The van der Waals surface area contributed by atoms with Gasteiger partial charge in [0.05, 0.1) is 18.9 Å². The van der Waals surface area contributed by atoms with Crippen LogP contribution in [0.5, 0.6) is 0 Å². The van der Waals surface area contributed by atoms with Crippen molar-refractivity contribution in [3.8, 4) is 0 Å². The van der Waals surface area contributed by atoms with Crippen molar-refractivity contribution in [1.29, 1.82) is 0 Å². The van der Waals surface area contributed by atoms with E-state index in [1.54, 1.807) is 11.0 Å². The lowest BCUT2D eigenvalue weighted by atomic mass is 10.1. The first kappa shape index (κ1) is 14.7. The van der Waals surface area contributed by atoms with Gasteiger partial charge >= 0.3 is 0 Å². The molecule has 0 aliphatic carbocycles. The van der Waals surface area contributed by atoms with Crippen molar-refractivity contribution in [3.63, 3.8) is 0 Å². The van der Waals surface area contributed by atoms with Crippen LogP contribution in [0.1, 0.15) is 17.3 Å². The van der Waals surface area contributed by atoms with E-state index in [1.165, 1.54) is 6.92 Å². The molecule has 3 rings (SSSR count). The number of morpholine rings is 1. The zero-order valence-electron chi connectivity index (χ0n) is 11.8. The van der Waals surface area contributed by atoms with Crippen LogP contribution in [0.2, 0.25) is 0 Å². The van der Waals surface area contributed by atoms with Gasteiger partial charge in [-0.3, -0.25) is 19.4 Å². The quantitative estimate of drug-likeness (QED) is 0.812. The van der Waals surface area contributed by atoms with Crippen LogP contribution in [0, 0.1) is 0 Å². The number of hydrogen-bond donors (Lipinski definition) is 0. The SMILES string of the molecule is CC(=O)N1c2ccc(Br)cc2C(=O)C1CN1CCOCC1. The van der Waals surface area contributed by atoms with Crippen LogP contribution in [0.4, 0.5) is 5.69 Å². The fraction of sp³-hybridized carbons (Fsp3) is 0.467. The van der Waals surface area contributed by atoms with E-state index in [0.29, 0.717) is 31.0 Å². The van der Waals surface area contributed by atoms with Crippen LogP contribution in [-0.4, -0.2) is 55.5 Å². The number of Topliss-reactive ketones (excluding diaryl/α,β-unsaturated/α-hetero) is 1. The van der Waals surface area contributed by atoms with Gasteiger partial charge in [0.1, 0.15) is 6.04 Å². The summed E-state index contributed by atoms with van der Waals surface area (Å²) in [5.74, 6) is -0.0735. The average Bonchev–Trinajstić information content (AvgIpc) is 2.73. The molecular formula is C15H17BrN2O3. The highest BCUT2D eigenvalue weighted by molar-refractivity contribution is 9.10. The largest absolute Gasteiger partial charge is 0.379 e. The molecule has 6 heteroatoms.